The zero-order valence-corrected chi connectivity index (χ0v) is 6.58. The number of hydrogen-bond acceptors (Lipinski definition) is 2. The van der Waals surface area contributed by atoms with Gasteiger partial charge >= 0.3 is 0 Å². The summed E-state index contributed by atoms with van der Waals surface area (Å²) in [5, 5.41) is 16.8. The van der Waals surface area contributed by atoms with E-state index in [0.29, 0.717) is 0 Å². The predicted octanol–water partition coefficient (Wildman–Crippen LogP) is 1.63. The SMILES string of the molecule is N#CCC(O)C(Cl)(Cl)Cl. The average molecular weight is 188 g/mol. The monoisotopic (exact) mass is 187 g/mol. The van der Waals surface area contributed by atoms with E-state index in [1.165, 1.54) is 0 Å². The van der Waals surface area contributed by atoms with Crippen molar-refractivity contribution in [1.82, 2.24) is 0 Å². The van der Waals surface area contributed by atoms with Crippen LogP contribution in [-0.2, 0) is 0 Å². The molecular formula is C4H4Cl3NO. The van der Waals surface area contributed by atoms with Gasteiger partial charge in [0.15, 0.2) is 0 Å². The second kappa shape index (κ2) is 3.48. The lowest BCUT2D eigenvalue weighted by molar-refractivity contribution is 0.184. The lowest BCUT2D eigenvalue weighted by Crippen LogP contribution is -2.24. The molecule has 1 N–H and O–H groups in total. The molecule has 0 aliphatic rings. The molecule has 0 spiro atoms. The lowest BCUT2D eigenvalue weighted by Gasteiger charge is -2.14. The van der Waals surface area contributed by atoms with Crippen molar-refractivity contribution < 1.29 is 5.11 Å². The van der Waals surface area contributed by atoms with Crippen LogP contribution in [0, 0.1) is 11.3 Å². The highest BCUT2D eigenvalue weighted by Crippen LogP contribution is 2.31. The molecule has 1 unspecified atom stereocenters. The summed E-state index contributed by atoms with van der Waals surface area (Å²) in [7, 11) is 0. The Kier molecular flexibility index (Phi) is 3.60. The Labute approximate surface area is 67.9 Å². The van der Waals surface area contributed by atoms with E-state index in [-0.39, 0.29) is 6.42 Å². The van der Waals surface area contributed by atoms with Crippen LogP contribution in [0.5, 0.6) is 0 Å². The summed E-state index contributed by atoms with van der Waals surface area (Å²) in [5.41, 5.74) is 0. The van der Waals surface area contributed by atoms with Crippen molar-refractivity contribution in [3.63, 3.8) is 0 Å². The first-order chi connectivity index (χ1) is 3.98. The van der Waals surface area contributed by atoms with Crippen LogP contribution in [0.3, 0.4) is 0 Å². The van der Waals surface area contributed by atoms with Crippen LogP contribution < -0.4 is 0 Å². The van der Waals surface area contributed by atoms with Crippen LogP contribution in [0.1, 0.15) is 6.42 Å². The summed E-state index contributed by atoms with van der Waals surface area (Å²) in [5.74, 6) is 0. The van der Waals surface area contributed by atoms with Gasteiger partial charge in [0.05, 0.1) is 12.5 Å². The largest absolute Gasteiger partial charge is 0.388 e. The molecule has 0 aromatic carbocycles. The minimum Gasteiger partial charge on any atom is -0.388 e. The molecule has 2 nitrogen and oxygen atoms in total. The van der Waals surface area contributed by atoms with E-state index < -0.39 is 9.90 Å². The quantitative estimate of drug-likeness (QED) is 0.636. The number of aliphatic hydroxyl groups is 1. The third-order valence-electron chi connectivity index (χ3n) is 0.662. The van der Waals surface area contributed by atoms with Crippen molar-refractivity contribution in [3.8, 4) is 6.07 Å². The molecule has 0 amide bonds. The number of nitriles is 1. The number of alkyl halides is 3. The van der Waals surface area contributed by atoms with Gasteiger partial charge in [0.1, 0.15) is 6.10 Å². The molecule has 0 bridgehead atoms. The topological polar surface area (TPSA) is 44.0 Å². The maximum absolute atomic E-state index is 8.77. The van der Waals surface area contributed by atoms with Crippen molar-refractivity contribution >= 4 is 34.8 Å². The first kappa shape index (κ1) is 9.32. The summed E-state index contributed by atoms with van der Waals surface area (Å²) >= 11 is 15.6. The number of aliphatic hydroxyl groups excluding tert-OH is 1. The fourth-order valence-corrected chi connectivity index (χ4v) is 0.434. The Hall–Kier alpha value is 0.320. The van der Waals surface area contributed by atoms with Gasteiger partial charge in [-0.3, -0.25) is 0 Å². The smallest absolute Gasteiger partial charge is 0.217 e. The molecular weight excluding hydrogens is 184 g/mol. The zero-order chi connectivity index (χ0) is 7.49. The maximum atomic E-state index is 8.77. The van der Waals surface area contributed by atoms with E-state index in [4.69, 9.17) is 45.2 Å². The van der Waals surface area contributed by atoms with E-state index in [1.54, 1.807) is 6.07 Å². The highest BCUT2D eigenvalue weighted by atomic mass is 35.6. The molecule has 0 rings (SSSR count). The second-order valence-electron chi connectivity index (χ2n) is 1.42. The van der Waals surface area contributed by atoms with Crippen molar-refractivity contribution in [2.75, 3.05) is 0 Å². The molecule has 0 aromatic rings. The van der Waals surface area contributed by atoms with Crippen LogP contribution in [-0.4, -0.2) is 15.0 Å². The molecule has 1 atom stereocenters. The van der Waals surface area contributed by atoms with E-state index in [9.17, 15) is 0 Å². The molecule has 0 aliphatic heterocycles. The third kappa shape index (κ3) is 3.83. The van der Waals surface area contributed by atoms with Crippen LogP contribution in [0.4, 0.5) is 0 Å². The van der Waals surface area contributed by atoms with Crippen molar-refractivity contribution in [2.45, 2.75) is 16.3 Å². The molecule has 5 heteroatoms. The molecule has 0 fully saturated rings. The van der Waals surface area contributed by atoms with Gasteiger partial charge in [0, 0.05) is 0 Å². The van der Waals surface area contributed by atoms with Gasteiger partial charge in [-0.2, -0.15) is 5.26 Å². The Morgan fingerprint density at radius 2 is 2.00 bits per heavy atom. The van der Waals surface area contributed by atoms with Gasteiger partial charge in [0.25, 0.3) is 0 Å². The minimum atomic E-state index is -1.74. The van der Waals surface area contributed by atoms with E-state index in [2.05, 4.69) is 0 Å². The van der Waals surface area contributed by atoms with Gasteiger partial charge in [-0.25, -0.2) is 0 Å². The van der Waals surface area contributed by atoms with Crippen LogP contribution >= 0.6 is 34.8 Å². The van der Waals surface area contributed by atoms with E-state index in [0.717, 1.165) is 0 Å². The number of nitrogens with zero attached hydrogens (tertiary/aromatic N) is 1. The van der Waals surface area contributed by atoms with Crippen LogP contribution in [0.2, 0.25) is 0 Å². The molecule has 0 saturated carbocycles. The summed E-state index contributed by atoms with van der Waals surface area (Å²) in [6, 6.07) is 1.67. The Bertz CT molecular complexity index is 125. The molecule has 0 radical (unpaired) electrons. The van der Waals surface area contributed by atoms with Crippen LogP contribution in [0.25, 0.3) is 0 Å². The maximum Gasteiger partial charge on any atom is 0.217 e. The average Bonchev–Trinajstić information content (AvgIpc) is 1.64. The Morgan fingerprint density at radius 1 is 1.56 bits per heavy atom. The Balaban J connectivity index is 3.76. The standard InChI is InChI=1S/C4H4Cl3NO/c5-4(6,7)3(9)1-2-8/h3,9H,1H2. The molecule has 0 aromatic heterocycles. The van der Waals surface area contributed by atoms with Crippen molar-refractivity contribution in [3.05, 3.63) is 0 Å². The molecule has 0 saturated heterocycles. The first-order valence-corrected chi connectivity index (χ1v) is 3.23. The highest BCUT2D eigenvalue weighted by Gasteiger charge is 2.30. The second-order valence-corrected chi connectivity index (χ2v) is 3.79. The minimum absolute atomic E-state index is 0.170. The van der Waals surface area contributed by atoms with Gasteiger partial charge in [-0.1, -0.05) is 34.8 Å². The predicted molar refractivity (Wildman–Crippen MR) is 36.5 cm³/mol. The summed E-state index contributed by atoms with van der Waals surface area (Å²) < 4.78 is -1.74. The van der Waals surface area contributed by atoms with Gasteiger partial charge in [0.2, 0.25) is 3.79 Å². The zero-order valence-electron chi connectivity index (χ0n) is 4.31. The Morgan fingerprint density at radius 3 is 2.11 bits per heavy atom. The first-order valence-electron chi connectivity index (χ1n) is 2.10. The fraction of sp³-hybridized carbons (Fsp3) is 0.750. The van der Waals surface area contributed by atoms with E-state index in [1.807, 2.05) is 0 Å². The van der Waals surface area contributed by atoms with Crippen molar-refractivity contribution in [1.29, 1.82) is 5.26 Å². The summed E-state index contributed by atoms with van der Waals surface area (Å²) in [4.78, 5) is 0. The lowest BCUT2D eigenvalue weighted by atomic mass is 10.3. The van der Waals surface area contributed by atoms with E-state index >= 15 is 0 Å². The third-order valence-corrected chi connectivity index (χ3v) is 1.42. The number of halogens is 3. The highest BCUT2D eigenvalue weighted by molar-refractivity contribution is 6.68. The molecule has 0 aliphatic carbocycles. The van der Waals surface area contributed by atoms with Crippen molar-refractivity contribution in [2.24, 2.45) is 0 Å². The normalized spacial score (nSPS) is 14.6. The number of hydrogen-bond donors (Lipinski definition) is 1. The molecule has 52 valence electrons. The summed E-state index contributed by atoms with van der Waals surface area (Å²) in [6.45, 7) is 0. The molecule has 9 heavy (non-hydrogen) atoms. The molecule has 0 heterocycles. The van der Waals surface area contributed by atoms with Gasteiger partial charge in [-0.15, -0.1) is 0 Å². The van der Waals surface area contributed by atoms with Gasteiger partial charge in [-0.05, 0) is 0 Å². The van der Waals surface area contributed by atoms with Crippen LogP contribution in [0.15, 0.2) is 0 Å². The number of rotatable bonds is 1. The fourth-order valence-electron chi connectivity index (χ4n) is 0.202. The summed E-state index contributed by atoms with van der Waals surface area (Å²) in [6.07, 6.45) is -1.37. The van der Waals surface area contributed by atoms with Gasteiger partial charge < -0.3 is 5.11 Å².